The van der Waals surface area contributed by atoms with Crippen LogP contribution in [-0.4, -0.2) is 25.1 Å². The van der Waals surface area contributed by atoms with E-state index in [4.69, 9.17) is 9.47 Å². The number of ether oxygens (including phenoxy) is 2. The molecule has 0 fully saturated rings. The quantitative estimate of drug-likeness (QED) is 0.774. The van der Waals surface area contributed by atoms with E-state index >= 15 is 0 Å². The van der Waals surface area contributed by atoms with Gasteiger partial charge in [-0.05, 0) is 35.9 Å². The Morgan fingerprint density at radius 2 is 1.80 bits per heavy atom. The van der Waals surface area contributed by atoms with Crippen LogP contribution in [0.5, 0.6) is 11.5 Å². The number of amides is 1. The van der Waals surface area contributed by atoms with Gasteiger partial charge in [-0.15, -0.1) is 0 Å². The summed E-state index contributed by atoms with van der Waals surface area (Å²) >= 11 is 0. The predicted octanol–water partition coefficient (Wildman–Crippen LogP) is 3.65. The first-order valence-electron chi connectivity index (χ1n) is 7.76. The third-order valence-electron chi connectivity index (χ3n) is 3.74. The molecule has 2 aromatic carbocycles. The van der Waals surface area contributed by atoms with Gasteiger partial charge in [-0.2, -0.15) is 0 Å². The van der Waals surface area contributed by atoms with Crippen LogP contribution in [0, 0.1) is 0 Å². The number of nitrogens with one attached hydrogen (secondary N) is 1. The second-order valence-electron chi connectivity index (χ2n) is 5.31. The average Bonchev–Trinajstić information content (AvgIpc) is 2.67. The Balaban J connectivity index is 1.76. The van der Waals surface area contributed by atoms with Crippen LogP contribution in [0.3, 0.4) is 0 Å². The Morgan fingerprint density at radius 3 is 2.52 bits per heavy atom. The molecule has 1 amide bonds. The third kappa shape index (κ3) is 3.77. The van der Waals surface area contributed by atoms with Crippen molar-refractivity contribution in [2.45, 2.75) is 0 Å². The molecule has 0 unspecified atom stereocenters. The molecule has 3 aromatic rings. The molecule has 25 heavy (non-hydrogen) atoms. The number of methoxy groups -OCH3 is 2. The van der Waals surface area contributed by atoms with Gasteiger partial charge in [0.25, 0.3) is 5.91 Å². The summed E-state index contributed by atoms with van der Waals surface area (Å²) in [6.45, 7) is 0. The van der Waals surface area contributed by atoms with Gasteiger partial charge in [0.15, 0.2) is 0 Å². The molecule has 0 radical (unpaired) electrons. The van der Waals surface area contributed by atoms with Crippen LogP contribution in [-0.2, 0) is 0 Å². The van der Waals surface area contributed by atoms with Gasteiger partial charge >= 0.3 is 0 Å². The van der Waals surface area contributed by atoms with Crippen molar-refractivity contribution in [3.63, 3.8) is 0 Å². The molecule has 0 saturated heterocycles. The Hall–Kier alpha value is -3.34. The van der Waals surface area contributed by atoms with E-state index in [1.165, 1.54) is 0 Å². The van der Waals surface area contributed by atoms with Crippen molar-refractivity contribution >= 4 is 22.9 Å². The molecular weight excluding hydrogens is 316 g/mol. The highest BCUT2D eigenvalue weighted by atomic mass is 16.5. The number of para-hydroxylation sites is 1. The minimum absolute atomic E-state index is 0.297. The van der Waals surface area contributed by atoms with Crippen LogP contribution in [0.1, 0.15) is 16.1 Å². The lowest BCUT2D eigenvalue weighted by molar-refractivity contribution is 0.0965. The van der Waals surface area contributed by atoms with E-state index in [0.29, 0.717) is 17.0 Å². The maximum absolute atomic E-state index is 12.3. The number of rotatable bonds is 5. The van der Waals surface area contributed by atoms with E-state index in [9.17, 15) is 4.79 Å². The molecule has 0 aliphatic rings. The van der Waals surface area contributed by atoms with Crippen LogP contribution < -0.4 is 14.8 Å². The van der Waals surface area contributed by atoms with E-state index in [1.54, 1.807) is 32.6 Å². The zero-order valence-electron chi connectivity index (χ0n) is 14.0. The van der Waals surface area contributed by atoms with Gasteiger partial charge in [0.05, 0.1) is 19.7 Å². The van der Waals surface area contributed by atoms with Crippen molar-refractivity contribution in [3.05, 3.63) is 72.1 Å². The van der Waals surface area contributed by atoms with E-state index in [1.807, 2.05) is 48.5 Å². The Morgan fingerprint density at radius 1 is 1.04 bits per heavy atom. The molecule has 1 heterocycles. The third-order valence-corrected chi connectivity index (χ3v) is 3.74. The standard InChI is InChI=1S/C20H18N2O3/c1-24-15-9-7-14(8-10-15)11-12-21-20(23)18-13-19(25-2)16-5-3-4-6-17(16)22-18/h3-13H,1-2H3,(H,21,23)/b12-11+. The first-order chi connectivity index (χ1) is 12.2. The van der Waals surface area contributed by atoms with Gasteiger partial charge in [-0.1, -0.05) is 24.3 Å². The van der Waals surface area contributed by atoms with Crippen molar-refractivity contribution in [1.82, 2.24) is 10.3 Å². The molecule has 0 aliphatic heterocycles. The highest BCUT2D eigenvalue weighted by molar-refractivity contribution is 5.97. The van der Waals surface area contributed by atoms with Gasteiger partial charge in [0, 0.05) is 17.7 Å². The number of carbonyl (C=O) groups excluding carboxylic acids is 1. The summed E-state index contributed by atoms with van der Waals surface area (Å²) < 4.78 is 10.5. The fourth-order valence-electron chi connectivity index (χ4n) is 2.43. The number of pyridine rings is 1. The normalized spacial score (nSPS) is 10.8. The average molecular weight is 334 g/mol. The molecule has 0 saturated carbocycles. The lowest BCUT2D eigenvalue weighted by Crippen LogP contribution is -2.18. The number of nitrogens with zero attached hydrogens (tertiary/aromatic N) is 1. The molecule has 3 rings (SSSR count). The van der Waals surface area contributed by atoms with Crippen LogP contribution >= 0.6 is 0 Å². The minimum Gasteiger partial charge on any atom is -0.497 e. The molecular formula is C20H18N2O3. The first kappa shape index (κ1) is 16.5. The number of aromatic nitrogens is 1. The molecule has 1 aromatic heterocycles. The minimum atomic E-state index is -0.297. The number of carbonyl (C=O) groups is 1. The number of hydrogen-bond donors (Lipinski definition) is 1. The molecule has 5 nitrogen and oxygen atoms in total. The maximum atomic E-state index is 12.3. The maximum Gasteiger partial charge on any atom is 0.273 e. The molecule has 5 heteroatoms. The van der Waals surface area contributed by atoms with Crippen molar-refractivity contribution in [2.24, 2.45) is 0 Å². The molecule has 0 bridgehead atoms. The lowest BCUT2D eigenvalue weighted by Gasteiger charge is -2.07. The second kappa shape index (κ2) is 7.49. The van der Waals surface area contributed by atoms with E-state index in [0.717, 1.165) is 16.7 Å². The Bertz CT molecular complexity index is 918. The van der Waals surface area contributed by atoms with Crippen molar-refractivity contribution in [3.8, 4) is 11.5 Å². The van der Waals surface area contributed by atoms with Crippen LogP contribution in [0.25, 0.3) is 17.0 Å². The van der Waals surface area contributed by atoms with Crippen LogP contribution in [0.2, 0.25) is 0 Å². The first-order valence-corrected chi connectivity index (χ1v) is 7.76. The Kier molecular flexibility index (Phi) is 4.95. The number of fused-ring (bicyclic) bond motifs is 1. The van der Waals surface area contributed by atoms with E-state index < -0.39 is 0 Å². The zero-order chi connectivity index (χ0) is 17.6. The fraction of sp³-hybridized carbons (Fsp3) is 0.100. The topological polar surface area (TPSA) is 60.5 Å². The smallest absolute Gasteiger partial charge is 0.273 e. The SMILES string of the molecule is COc1ccc(/C=C/NC(=O)c2cc(OC)c3ccccc3n2)cc1. The summed E-state index contributed by atoms with van der Waals surface area (Å²) in [5.41, 5.74) is 1.96. The predicted molar refractivity (Wildman–Crippen MR) is 97.8 cm³/mol. The second-order valence-corrected chi connectivity index (χ2v) is 5.31. The summed E-state index contributed by atoms with van der Waals surface area (Å²) in [4.78, 5) is 16.7. The van der Waals surface area contributed by atoms with Crippen LogP contribution in [0.15, 0.2) is 60.8 Å². The zero-order valence-corrected chi connectivity index (χ0v) is 14.0. The van der Waals surface area contributed by atoms with Gasteiger partial charge in [0.2, 0.25) is 0 Å². The van der Waals surface area contributed by atoms with Gasteiger partial charge in [0.1, 0.15) is 17.2 Å². The van der Waals surface area contributed by atoms with Gasteiger partial charge < -0.3 is 14.8 Å². The Labute approximate surface area is 145 Å². The summed E-state index contributed by atoms with van der Waals surface area (Å²) in [5.74, 6) is 1.11. The molecule has 0 spiro atoms. The molecule has 1 N–H and O–H groups in total. The summed E-state index contributed by atoms with van der Waals surface area (Å²) in [6.07, 6.45) is 3.39. The van der Waals surface area contributed by atoms with Crippen LogP contribution in [0.4, 0.5) is 0 Å². The van der Waals surface area contributed by atoms with Crippen molar-refractivity contribution < 1.29 is 14.3 Å². The van der Waals surface area contributed by atoms with Gasteiger partial charge in [-0.25, -0.2) is 4.98 Å². The highest BCUT2D eigenvalue weighted by Gasteiger charge is 2.11. The molecule has 0 aliphatic carbocycles. The highest BCUT2D eigenvalue weighted by Crippen LogP contribution is 2.24. The van der Waals surface area contributed by atoms with Crippen molar-refractivity contribution in [2.75, 3.05) is 14.2 Å². The van der Waals surface area contributed by atoms with Crippen molar-refractivity contribution in [1.29, 1.82) is 0 Å². The van der Waals surface area contributed by atoms with Gasteiger partial charge in [-0.3, -0.25) is 4.79 Å². The monoisotopic (exact) mass is 334 g/mol. The fourth-order valence-corrected chi connectivity index (χ4v) is 2.43. The molecule has 126 valence electrons. The van der Waals surface area contributed by atoms with E-state index in [2.05, 4.69) is 10.3 Å². The lowest BCUT2D eigenvalue weighted by atomic mass is 10.1. The summed E-state index contributed by atoms with van der Waals surface area (Å²) in [5, 5.41) is 3.59. The molecule has 0 atom stereocenters. The number of benzene rings is 2. The largest absolute Gasteiger partial charge is 0.497 e. The summed E-state index contributed by atoms with van der Waals surface area (Å²) in [7, 11) is 3.20. The summed E-state index contributed by atoms with van der Waals surface area (Å²) in [6, 6.07) is 16.7. The number of hydrogen-bond acceptors (Lipinski definition) is 4. The van der Waals surface area contributed by atoms with E-state index in [-0.39, 0.29) is 5.91 Å².